The van der Waals surface area contributed by atoms with E-state index in [1.54, 1.807) is 0 Å². The summed E-state index contributed by atoms with van der Waals surface area (Å²) in [5.41, 5.74) is 0. The molecule has 0 fully saturated rings. The van der Waals surface area contributed by atoms with Crippen LogP contribution in [0.2, 0.25) is 0 Å². The topological polar surface area (TPSA) is 104 Å². The third-order valence-electron chi connectivity index (χ3n) is 0.737. The third-order valence-corrected chi connectivity index (χ3v) is 0.737. The lowest BCUT2D eigenvalue weighted by Crippen LogP contribution is -2.42. The molecule has 6 nitrogen and oxygen atoms in total. The molecule has 0 aromatic heterocycles. The molecule has 9 heteroatoms. The largest absolute Gasteiger partial charge is 0.709 e. The molecule has 0 heterocycles. The molecule has 0 saturated heterocycles. The van der Waals surface area contributed by atoms with Crippen LogP contribution in [0.3, 0.4) is 0 Å². The Kier molecular flexibility index (Phi) is 3.10. The molecule has 0 unspecified atom stereocenters. The molecule has 0 radical (unpaired) electrons. The number of carbonyl (C=O) groups is 2. The fraction of sp³-hybridized carbons (Fsp3) is 0.333. The minimum Gasteiger partial charge on any atom is -0.480 e. The Hall–Kier alpha value is -1.22. The van der Waals surface area contributed by atoms with Crippen molar-refractivity contribution in [1.29, 1.82) is 0 Å². The van der Waals surface area contributed by atoms with Crippen molar-refractivity contribution in [3.8, 4) is 0 Å². The number of carboxylic acids is 1. The molecule has 0 aromatic carbocycles. The fourth-order valence-corrected chi connectivity index (χ4v) is 0.257. The first-order valence-corrected chi connectivity index (χ1v) is 2.47. The van der Waals surface area contributed by atoms with Gasteiger partial charge in [0.2, 0.25) is 0 Å². The van der Waals surface area contributed by atoms with E-state index in [0.717, 1.165) is 0 Å². The van der Waals surface area contributed by atoms with Crippen molar-refractivity contribution < 1.29 is 38.2 Å². The van der Waals surface area contributed by atoms with E-state index in [-0.39, 0.29) is 0 Å². The summed E-state index contributed by atoms with van der Waals surface area (Å²) in [7, 11) is -2.76. The summed E-state index contributed by atoms with van der Waals surface area (Å²) in [6.45, 7) is 0. The summed E-state index contributed by atoms with van der Waals surface area (Å²) in [4.78, 5) is 19.7. The highest BCUT2D eigenvalue weighted by atomic mass is 19.3. The molecule has 12 heavy (non-hydrogen) atoms. The van der Waals surface area contributed by atoms with E-state index in [0.29, 0.717) is 0 Å². The number of halogens is 2. The maximum Gasteiger partial charge on any atom is 0.709 e. The lowest BCUT2D eigenvalue weighted by Gasteiger charge is -2.09. The minimum atomic E-state index is -4.77. The van der Waals surface area contributed by atoms with Crippen molar-refractivity contribution >= 4 is 19.3 Å². The van der Waals surface area contributed by atoms with Gasteiger partial charge in [0.1, 0.15) is 0 Å². The number of hydrogen-bond acceptors (Lipinski definition) is 5. The first-order valence-electron chi connectivity index (χ1n) is 2.47. The van der Waals surface area contributed by atoms with Crippen molar-refractivity contribution in [3.63, 3.8) is 0 Å². The van der Waals surface area contributed by atoms with E-state index in [9.17, 15) is 18.4 Å². The Morgan fingerprint density at radius 1 is 1.33 bits per heavy atom. The van der Waals surface area contributed by atoms with Gasteiger partial charge < -0.3 is 19.8 Å². The second-order valence-corrected chi connectivity index (χ2v) is 1.61. The molecular formula is C3H3BF2O6. The first kappa shape index (κ1) is 10.8. The lowest BCUT2D eigenvalue weighted by atomic mass is 10.2. The van der Waals surface area contributed by atoms with Gasteiger partial charge in [-0.1, -0.05) is 0 Å². The second kappa shape index (κ2) is 3.45. The number of aliphatic carboxylic acids is 1. The number of carboxylic acid groups (broad SMARTS) is 1. The summed E-state index contributed by atoms with van der Waals surface area (Å²) < 4.78 is 27.1. The highest BCUT2D eigenvalue weighted by Crippen LogP contribution is 2.15. The van der Waals surface area contributed by atoms with Gasteiger partial charge in [-0.2, -0.15) is 8.78 Å². The van der Waals surface area contributed by atoms with Crippen LogP contribution in [-0.2, 0) is 14.2 Å². The molecule has 0 saturated carbocycles. The Morgan fingerprint density at radius 2 is 1.75 bits per heavy atom. The molecule has 0 amide bonds. The van der Waals surface area contributed by atoms with Gasteiger partial charge in [0.05, 0.1) is 0 Å². The molecule has 68 valence electrons. The van der Waals surface area contributed by atoms with Gasteiger partial charge in [-0.15, -0.1) is 0 Å². The fourth-order valence-electron chi connectivity index (χ4n) is 0.257. The lowest BCUT2D eigenvalue weighted by molar-refractivity contribution is -0.182. The second-order valence-electron chi connectivity index (χ2n) is 1.61. The molecule has 0 bridgehead atoms. The summed E-state index contributed by atoms with van der Waals surface area (Å²) in [5.74, 6) is -10.0. The molecule has 0 aliphatic heterocycles. The zero-order chi connectivity index (χ0) is 9.94. The summed E-state index contributed by atoms with van der Waals surface area (Å²) in [5, 5.41) is 23.4. The summed E-state index contributed by atoms with van der Waals surface area (Å²) >= 11 is 0. The van der Waals surface area contributed by atoms with E-state index >= 15 is 0 Å². The van der Waals surface area contributed by atoms with Crippen LogP contribution in [0.4, 0.5) is 8.78 Å². The normalized spacial score (nSPS) is 10.7. The van der Waals surface area contributed by atoms with E-state index in [4.69, 9.17) is 15.2 Å². The van der Waals surface area contributed by atoms with Gasteiger partial charge >= 0.3 is 25.2 Å². The zero-order valence-electron chi connectivity index (χ0n) is 5.40. The van der Waals surface area contributed by atoms with Crippen LogP contribution in [-0.4, -0.2) is 40.3 Å². The average Bonchev–Trinajstić information content (AvgIpc) is 1.85. The predicted molar refractivity (Wildman–Crippen MR) is 28.9 cm³/mol. The van der Waals surface area contributed by atoms with Crippen LogP contribution < -0.4 is 0 Å². The summed E-state index contributed by atoms with van der Waals surface area (Å²) in [6, 6.07) is 0. The average molecular weight is 184 g/mol. The molecule has 0 aliphatic rings. The number of carbonyl (C=O) groups excluding carboxylic acids is 1. The van der Waals surface area contributed by atoms with Crippen molar-refractivity contribution in [2.24, 2.45) is 0 Å². The number of rotatable bonds is 3. The van der Waals surface area contributed by atoms with E-state index < -0.39 is 25.2 Å². The van der Waals surface area contributed by atoms with Gasteiger partial charge in [0, 0.05) is 0 Å². The van der Waals surface area contributed by atoms with Crippen molar-refractivity contribution in [3.05, 3.63) is 0 Å². The minimum absolute atomic E-state index is 2.54. The van der Waals surface area contributed by atoms with Crippen LogP contribution in [0.15, 0.2) is 0 Å². The molecule has 0 atom stereocenters. The standard InChI is InChI=1S/C3H3BF2O6/c5-3(6,1(7)8)2(9)12-4(10)11/h10-11H,(H,7,8). The Morgan fingerprint density at radius 3 is 2.00 bits per heavy atom. The van der Waals surface area contributed by atoms with Gasteiger partial charge in [-0.25, -0.2) is 9.59 Å². The Labute approximate surface area is 64.5 Å². The summed E-state index contributed by atoms with van der Waals surface area (Å²) in [6.07, 6.45) is 0. The van der Waals surface area contributed by atoms with Gasteiger partial charge in [-0.3, -0.25) is 0 Å². The molecule has 0 rings (SSSR count). The van der Waals surface area contributed by atoms with Crippen LogP contribution in [0.5, 0.6) is 0 Å². The Bertz CT molecular complexity index is 203. The molecule has 0 spiro atoms. The maximum atomic E-state index is 12.0. The quantitative estimate of drug-likeness (QED) is 0.353. The molecule has 0 aromatic rings. The van der Waals surface area contributed by atoms with Crippen molar-refractivity contribution in [2.75, 3.05) is 0 Å². The maximum absolute atomic E-state index is 12.0. The monoisotopic (exact) mass is 184 g/mol. The van der Waals surface area contributed by atoms with E-state index in [1.807, 2.05) is 0 Å². The van der Waals surface area contributed by atoms with Crippen molar-refractivity contribution in [1.82, 2.24) is 0 Å². The van der Waals surface area contributed by atoms with Gasteiger partial charge in [-0.05, 0) is 0 Å². The first-order chi connectivity index (χ1) is 5.28. The number of alkyl halides is 2. The van der Waals surface area contributed by atoms with Gasteiger partial charge in [0.15, 0.2) is 0 Å². The van der Waals surface area contributed by atoms with Crippen LogP contribution in [0.25, 0.3) is 0 Å². The van der Waals surface area contributed by atoms with Crippen LogP contribution in [0, 0.1) is 0 Å². The molecule has 3 N–H and O–H groups in total. The zero-order valence-corrected chi connectivity index (χ0v) is 5.40. The number of hydrogen-bond donors (Lipinski definition) is 3. The Balaban J connectivity index is 4.36. The third kappa shape index (κ3) is 2.44. The highest BCUT2D eigenvalue weighted by Gasteiger charge is 2.50. The van der Waals surface area contributed by atoms with E-state index in [1.165, 1.54) is 0 Å². The van der Waals surface area contributed by atoms with Gasteiger partial charge in [0.25, 0.3) is 0 Å². The van der Waals surface area contributed by atoms with Crippen molar-refractivity contribution in [2.45, 2.75) is 5.92 Å². The predicted octanol–water partition coefficient (Wildman–Crippen LogP) is -1.78. The highest BCUT2D eigenvalue weighted by molar-refractivity contribution is 6.36. The molecular weight excluding hydrogens is 181 g/mol. The molecule has 0 aliphatic carbocycles. The van der Waals surface area contributed by atoms with Crippen LogP contribution in [0.1, 0.15) is 0 Å². The van der Waals surface area contributed by atoms with E-state index in [2.05, 4.69) is 4.65 Å². The van der Waals surface area contributed by atoms with Crippen LogP contribution >= 0.6 is 0 Å². The smallest absolute Gasteiger partial charge is 0.480 e. The SMILES string of the molecule is O=C(O)C(F)(F)C(=O)OB(O)O.